The van der Waals surface area contributed by atoms with Crippen LogP contribution in [0.2, 0.25) is 0 Å². The summed E-state index contributed by atoms with van der Waals surface area (Å²) in [6, 6.07) is 16.9. The monoisotopic (exact) mass is 477 g/mol. The number of thiazole rings is 1. The molecule has 3 aromatic rings. The van der Waals surface area contributed by atoms with Gasteiger partial charge in [-0.25, -0.2) is 0 Å². The summed E-state index contributed by atoms with van der Waals surface area (Å²) in [5.74, 6) is 0.278. The van der Waals surface area contributed by atoms with E-state index in [9.17, 15) is 14.9 Å². The molecule has 0 aliphatic rings. The van der Waals surface area contributed by atoms with Crippen LogP contribution in [-0.2, 0) is 9.53 Å². The average Bonchev–Trinajstić information content (AvgIpc) is 3.15. The molecule has 1 heterocycles. The van der Waals surface area contributed by atoms with Crippen LogP contribution >= 0.6 is 11.3 Å². The zero-order valence-electron chi connectivity index (χ0n) is 19.6. The minimum atomic E-state index is -0.572. The predicted octanol–water partition coefficient (Wildman–Crippen LogP) is 2.30. The fourth-order valence-electron chi connectivity index (χ4n) is 3.36. The van der Waals surface area contributed by atoms with Crippen LogP contribution in [0.5, 0.6) is 5.75 Å². The molecule has 3 rings (SSSR count). The quantitative estimate of drug-likeness (QED) is 0.503. The van der Waals surface area contributed by atoms with Gasteiger partial charge >= 0.3 is 0 Å². The van der Waals surface area contributed by atoms with Crippen LogP contribution in [0.25, 0.3) is 17.3 Å². The summed E-state index contributed by atoms with van der Waals surface area (Å²) in [5.41, 5.74) is 2.01. The molecule has 0 saturated heterocycles. The van der Waals surface area contributed by atoms with Gasteiger partial charge in [0.15, 0.2) is 5.57 Å². The Morgan fingerprint density at radius 2 is 1.88 bits per heavy atom. The van der Waals surface area contributed by atoms with Crippen LogP contribution in [0.1, 0.15) is 30.9 Å². The third-order valence-electron chi connectivity index (χ3n) is 5.20. The minimum absolute atomic E-state index is 0.154. The van der Waals surface area contributed by atoms with Crippen molar-refractivity contribution in [3.8, 4) is 17.5 Å². The molecule has 0 saturated carbocycles. The molecule has 8 heteroatoms. The number of para-hydroxylation sites is 2. The number of methoxy groups -OCH3 is 2. The third kappa shape index (κ3) is 5.45. The molecule has 7 nitrogen and oxygen atoms in total. The Hall–Kier alpha value is -3.67. The van der Waals surface area contributed by atoms with E-state index >= 15 is 0 Å². The first-order valence-corrected chi connectivity index (χ1v) is 11.6. The van der Waals surface area contributed by atoms with Crippen LogP contribution in [0.3, 0.4) is 0 Å². The zero-order chi connectivity index (χ0) is 24.7. The van der Waals surface area contributed by atoms with Gasteiger partial charge in [0.1, 0.15) is 16.5 Å². The van der Waals surface area contributed by atoms with E-state index in [0.29, 0.717) is 28.5 Å². The number of rotatable bonds is 8. The van der Waals surface area contributed by atoms with E-state index in [1.165, 1.54) is 24.4 Å². The van der Waals surface area contributed by atoms with Gasteiger partial charge < -0.3 is 14.8 Å². The molecule has 1 N–H and O–H groups in total. The molecule has 0 fully saturated rings. The number of benzene rings is 2. The minimum Gasteiger partial charge on any atom is -0.495 e. The third-order valence-corrected chi connectivity index (χ3v) is 6.29. The van der Waals surface area contributed by atoms with Crippen LogP contribution < -0.4 is 24.8 Å². The lowest BCUT2D eigenvalue weighted by atomic mass is 10.0. The van der Waals surface area contributed by atoms with E-state index < -0.39 is 5.91 Å². The highest BCUT2D eigenvalue weighted by Gasteiger charge is 2.18. The summed E-state index contributed by atoms with van der Waals surface area (Å²) >= 11 is 1.09. The van der Waals surface area contributed by atoms with E-state index in [1.54, 1.807) is 30.3 Å². The number of aromatic nitrogens is 1. The smallest absolute Gasteiger partial charge is 0.273 e. The van der Waals surface area contributed by atoms with Crippen molar-refractivity contribution in [2.24, 2.45) is 0 Å². The molecular weight excluding hydrogens is 450 g/mol. The fourth-order valence-corrected chi connectivity index (χ4v) is 4.46. The van der Waals surface area contributed by atoms with E-state index in [2.05, 4.69) is 19.2 Å². The van der Waals surface area contributed by atoms with Gasteiger partial charge in [0, 0.05) is 13.7 Å². The van der Waals surface area contributed by atoms with Gasteiger partial charge in [-0.15, -0.1) is 11.3 Å². The molecule has 0 aliphatic carbocycles. The first kappa shape index (κ1) is 25.0. The molecule has 1 aromatic heterocycles. The van der Waals surface area contributed by atoms with Crippen LogP contribution in [0.4, 0.5) is 0 Å². The predicted molar refractivity (Wildman–Crippen MR) is 134 cm³/mol. The number of nitrogens with one attached hydrogen (secondary N) is 1. The Balaban J connectivity index is 2.29. The number of nitriles is 1. The Morgan fingerprint density at radius 3 is 2.50 bits per heavy atom. The molecule has 176 valence electrons. The summed E-state index contributed by atoms with van der Waals surface area (Å²) in [6.45, 7) is 4.78. The lowest BCUT2D eigenvalue weighted by Crippen LogP contribution is -2.35. The second kappa shape index (κ2) is 11.5. The van der Waals surface area contributed by atoms with Gasteiger partial charge in [-0.3, -0.25) is 14.2 Å². The number of carbonyl (C=O) groups excluding carboxylic acids is 1. The summed E-state index contributed by atoms with van der Waals surface area (Å²) in [5, 5.41) is 12.5. The van der Waals surface area contributed by atoms with Gasteiger partial charge in [0.2, 0.25) is 0 Å². The number of hydrogen-bond acceptors (Lipinski definition) is 6. The highest BCUT2D eigenvalue weighted by Crippen LogP contribution is 2.20. The van der Waals surface area contributed by atoms with Gasteiger partial charge in [-0.05, 0) is 35.3 Å². The maximum Gasteiger partial charge on any atom is 0.273 e. The van der Waals surface area contributed by atoms with Crippen molar-refractivity contribution in [3.05, 3.63) is 79.2 Å². The molecule has 0 atom stereocenters. The van der Waals surface area contributed by atoms with Crippen molar-refractivity contribution in [1.82, 2.24) is 9.88 Å². The fraction of sp³-hybridized carbons (Fsp3) is 0.269. The van der Waals surface area contributed by atoms with Gasteiger partial charge in [-0.2, -0.15) is 5.26 Å². The lowest BCUT2D eigenvalue weighted by Gasteiger charge is -2.09. The molecule has 34 heavy (non-hydrogen) atoms. The number of amides is 1. The highest BCUT2D eigenvalue weighted by atomic mass is 32.1. The normalized spacial score (nSPS) is 12.4. The number of ether oxygens (including phenoxy) is 2. The van der Waals surface area contributed by atoms with Gasteiger partial charge in [0.05, 0.1) is 23.9 Å². The molecule has 0 spiro atoms. The molecule has 0 unspecified atom stereocenters. The number of hydrogen-bond donors (Lipinski definition) is 1. The van der Waals surface area contributed by atoms with Crippen molar-refractivity contribution in [2.75, 3.05) is 27.4 Å². The summed E-state index contributed by atoms with van der Waals surface area (Å²) in [6.07, 6.45) is 1.77. The number of carbonyl (C=O) groups is 1. The largest absolute Gasteiger partial charge is 0.495 e. The summed E-state index contributed by atoms with van der Waals surface area (Å²) in [7, 11) is 3.03. The van der Waals surface area contributed by atoms with E-state index in [4.69, 9.17) is 9.47 Å². The van der Waals surface area contributed by atoms with Crippen LogP contribution in [0.15, 0.2) is 53.3 Å². The zero-order valence-corrected chi connectivity index (χ0v) is 20.4. The second-order valence-corrected chi connectivity index (χ2v) is 8.82. The van der Waals surface area contributed by atoms with Crippen molar-refractivity contribution >= 4 is 28.9 Å². The van der Waals surface area contributed by atoms with Gasteiger partial charge in [-0.1, -0.05) is 50.2 Å². The lowest BCUT2D eigenvalue weighted by molar-refractivity contribution is -0.115. The standard InChI is InChI=1S/C26H27N3O4S/c1-17(2)19-11-9-18(10-12-19)15-23-25(31)29(21-7-5-6-8-22(21)33-4)26(34-23)20(16-27)24(30)28-13-14-32-3/h5-12,15,17H,13-14H2,1-4H3,(H,28,30)/b23-15-,26-20-. The first-order valence-electron chi connectivity index (χ1n) is 10.8. The van der Waals surface area contributed by atoms with Crippen molar-refractivity contribution < 1.29 is 14.3 Å². The maximum atomic E-state index is 13.6. The Morgan fingerprint density at radius 1 is 1.18 bits per heavy atom. The summed E-state index contributed by atoms with van der Waals surface area (Å²) < 4.78 is 12.4. The molecule has 2 aromatic carbocycles. The topological polar surface area (TPSA) is 93.4 Å². The van der Waals surface area contributed by atoms with Crippen molar-refractivity contribution in [3.63, 3.8) is 0 Å². The maximum absolute atomic E-state index is 13.6. The molecular formula is C26H27N3O4S. The molecule has 1 amide bonds. The summed E-state index contributed by atoms with van der Waals surface area (Å²) in [4.78, 5) is 26.3. The SMILES string of the molecule is COCCNC(=O)/C(C#N)=c1\s/c(=C\c2ccc(C(C)C)cc2)c(=O)n1-c1ccccc1OC. The molecule has 0 radical (unpaired) electrons. The van der Waals surface area contributed by atoms with Crippen molar-refractivity contribution in [1.29, 1.82) is 5.26 Å². The molecule has 0 bridgehead atoms. The first-order chi connectivity index (χ1) is 16.4. The average molecular weight is 478 g/mol. The molecule has 0 aliphatic heterocycles. The Labute approximate surface area is 202 Å². The Bertz CT molecular complexity index is 1380. The van der Waals surface area contributed by atoms with Gasteiger partial charge in [0.25, 0.3) is 11.5 Å². The second-order valence-electron chi connectivity index (χ2n) is 7.79. The van der Waals surface area contributed by atoms with E-state index in [-0.39, 0.29) is 22.3 Å². The van der Waals surface area contributed by atoms with Crippen LogP contribution in [0, 0.1) is 11.3 Å². The number of nitrogens with zero attached hydrogens (tertiary/aromatic N) is 2. The highest BCUT2D eigenvalue weighted by molar-refractivity contribution is 7.07. The Kier molecular flexibility index (Phi) is 8.41. The van der Waals surface area contributed by atoms with Crippen molar-refractivity contribution in [2.45, 2.75) is 19.8 Å². The van der Waals surface area contributed by atoms with Crippen LogP contribution in [-0.4, -0.2) is 37.8 Å². The van der Waals surface area contributed by atoms with E-state index in [0.717, 1.165) is 16.9 Å². The van der Waals surface area contributed by atoms with E-state index in [1.807, 2.05) is 30.3 Å².